The number of nitrogens with zero attached hydrogens (tertiary/aromatic N) is 2. The van der Waals surface area contributed by atoms with Crippen LogP contribution >= 0.6 is 11.6 Å². The molecule has 0 fully saturated rings. The number of benzene rings is 5. The standard InChI is InChI=1S/C34H30ClN3O4S/c1-24-10-15-30(20-25(24)2)38(43(40,41)32-18-13-29(35)14-19-32)22-34(39)37-36-21-26-11-16-31(17-12-26)42-23-28-8-5-7-27-6-3-4-9-33(27)28/h3-21H,22-23H2,1-2H3,(H,37,39)/b36-21-. The van der Waals surface area contributed by atoms with E-state index < -0.39 is 22.5 Å². The Morgan fingerprint density at radius 2 is 1.60 bits per heavy atom. The predicted octanol–water partition coefficient (Wildman–Crippen LogP) is 7.03. The molecule has 0 aliphatic rings. The van der Waals surface area contributed by atoms with Gasteiger partial charge in [-0.05, 0) is 108 Å². The molecule has 0 atom stereocenters. The molecule has 0 aliphatic carbocycles. The third-order valence-electron chi connectivity index (χ3n) is 7.02. The molecule has 0 unspecified atom stereocenters. The van der Waals surface area contributed by atoms with Crippen LogP contribution in [0.3, 0.4) is 0 Å². The van der Waals surface area contributed by atoms with Gasteiger partial charge < -0.3 is 4.74 Å². The van der Waals surface area contributed by atoms with Crippen LogP contribution in [0.15, 0.2) is 119 Å². The van der Waals surface area contributed by atoms with Gasteiger partial charge in [0.25, 0.3) is 15.9 Å². The second-order valence-corrected chi connectivity index (χ2v) is 12.3. The minimum atomic E-state index is -4.07. The van der Waals surface area contributed by atoms with Crippen molar-refractivity contribution in [3.8, 4) is 5.75 Å². The molecule has 0 aromatic heterocycles. The number of hydrazone groups is 1. The first kappa shape index (κ1) is 29.8. The summed E-state index contributed by atoms with van der Waals surface area (Å²) in [4.78, 5) is 12.9. The van der Waals surface area contributed by atoms with Crippen LogP contribution in [0.5, 0.6) is 5.75 Å². The molecule has 0 aliphatic heterocycles. The normalized spacial score (nSPS) is 11.5. The average molecular weight is 612 g/mol. The van der Waals surface area contributed by atoms with Crippen LogP contribution in [-0.2, 0) is 21.4 Å². The Morgan fingerprint density at radius 1 is 0.884 bits per heavy atom. The maximum Gasteiger partial charge on any atom is 0.264 e. The Balaban J connectivity index is 1.24. The molecule has 1 N–H and O–H groups in total. The van der Waals surface area contributed by atoms with E-state index in [9.17, 15) is 13.2 Å². The molecule has 0 spiro atoms. The molecule has 0 saturated heterocycles. The number of carbonyl (C=O) groups excluding carboxylic acids is 1. The van der Waals surface area contributed by atoms with Crippen molar-refractivity contribution in [3.63, 3.8) is 0 Å². The number of sulfonamides is 1. The number of anilines is 1. The summed E-state index contributed by atoms with van der Waals surface area (Å²) < 4.78 is 34.2. The number of halogens is 1. The van der Waals surface area contributed by atoms with Crippen molar-refractivity contribution >= 4 is 50.2 Å². The lowest BCUT2D eigenvalue weighted by Gasteiger charge is -2.24. The smallest absolute Gasteiger partial charge is 0.264 e. The lowest BCUT2D eigenvalue weighted by Crippen LogP contribution is -2.39. The van der Waals surface area contributed by atoms with Gasteiger partial charge in [0.2, 0.25) is 0 Å². The number of nitrogens with one attached hydrogen (secondary N) is 1. The van der Waals surface area contributed by atoms with Crippen LogP contribution in [0.1, 0.15) is 22.3 Å². The molecular weight excluding hydrogens is 582 g/mol. The summed E-state index contributed by atoms with van der Waals surface area (Å²) in [6.45, 7) is 3.78. The van der Waals surface area contributed by atoms with Crippen molar-refractivity contribution in [1.29, 1.82) is 0 Å². The monoisotopic (exact) mass is 611 g/mol. The van der Waals surface area contributed by atoms with E-state index in [1.165, 1.54) is 30.5 Å². The topological polar surface area (TPSA) is 88.1 Å². The van der Waals surface area contributed by atoms with Crippen molar-refractivity contribution in [2.24, 2.45) is 5.10 Å². The Morgan fingerprint density at radius 3 is 2.35 bits per heavy atom. The summed E-state index contributed by atoms with van der Waals surface area (Å²) in [5, 5.41) is 6.77. The van der Waals surface area contributed by atoms with E-state index in [1.807, 2.05) is 68.4 Å². The molecule has 5 aromatic carbocycles. The number of hydrogen-bond donors (Lipinski definition) is 1. The van der Waals surface area contributed by atoms with E-state index in [4.69, 9.17) is 16.3 Å². The van der Waals surface area contributed by atoms with Gasteiger partial charge in [0.15, 0.2) is 0 Å². The molecular formula is C34H30ClN3O4S. The molecule has 1 amide bonds. The summed E-state index contributed by atoms with van der Waals surface area (Å²) in [6.07, 6.45) is 1.49. The Hall–Kier alpha value is -4.66. The third kappa shape index (κ3) is 7.23. The fourth-order valence-electron chi connectivity index (χ4n) is 4.50. The van der Waals surface area contributed by atoms with Crippen molar-refractivity contribution < 1.29 is 17.9 Å². The lowest BCUT2D eigenvalue weighted by atomic mass is 10.1. The maximum atomic E-state index is 13.6. The van der Waals surface area contributed by atoms with Gasteiger partial charge in [-0.25, -0.2) is 13.8 Å². The summed E-state index contributed by atoms with van der Waals surface area (Å²) in [5.41, 5.74) is 6.55. The van der Waals surface area contributed by atoms with Gasteiger partial charge in [-0.2, -0.15) is 5.10 Å². The van der Waals surface area contributed by atoms with E-state index in [0.717, 1.165) is 37.3 Å². The van der Waals surface area contributed by atoms with E-state index in [-0.39, 0.29) is 4.90 Å². The molecule has 9 heteroatoms. The number of ether oxygens (including phenoxy) is 1. The van der Waals surface area contributed by atoms with Crippen LogP contribution in [0.25, 0.3) is 10.8 Å². The quantitative estimate of drug-likeness (QED) is 0.136. The van der Waals surface area contributed by atoms with Crippen molar-refractivity contribution in [2.75, 3.05) is 10.8 Å². The first-order chi connectivity index (χ1) is 20.7. The molecule has 5 rings (SSSR count). The first-order valence-electron chi connectivity index (χ1n) is 13.6. The highest BCUT2D eigenvalue weighted by Gasteiger charge is 2.27. The van der Waals surface area contributed by atoms with Crippen LogP contribution in [-0.4, -0.2) is 27.1 Å². The molecule has 218 valence electrons. The highest BCUT2D eigenvalue weighted by atomic mass is 35.5. The summed E-state index contributed by atoms with van der Waals surface area (Å²) in [7, 11) is -4.07. The number of amides is 1. The minimum Gasteiger partial charge on any atom is -0.489 e. The maximum absolute atomic E-state index is 13.6. The molecule has 0 saturated carbocycles. The van der Waals surface area contributed by atoms with Crippen LogP contribution in [0, 0.1) is 13.8 Å². The Labute approximate surface area is 256 Å². The lowest BCUT2D eigenvalue weighted by molar-refractivity contribution is -0.119. The zero-order valence-corrected chi connectivity index (χ0v) is 25.3. The number of hydrogen-bond acceptors (Lipinski definition) is 5. The van der Waals surface area contributed by atoms with Gasteiger partial charge in [-0.1, -0.05) is 60.1 Å². The minimum absolute atomic E-state index is 0.0224. The number of aryl methyl sites for hydroxylation is 2. The largest absolute Gasteiger partial charge is 0.489 e. The van der Waals surface area contributed by atoms with Crippen LogP contribution in [0.2, 0.25) is 5.02 Å². The summed E-state index contributed by atoms with van der Waals surface area (Å²) >= 11 is 5.96. The molecule has 7 nitrogen and oxygen atoms in total. The molecule has 0 radical (unpaired) electrons. The van der Waals surface area contributed by atoms with E-state index in [1.54, 1.807) is 12.1 Å². The van der Waals surface area contributed by atoms with Crippen molar-refractivity contribution in [1.82, 2.24) is 5.43 Å². The third-order valence-corrected chi connectivity index (χ3v) is 9.06. The van der Waals surface area contributed by atoms with E-state index in [0.29, 0.717) is 23.1 Å². The zero-order chi connectivity index (χ0) is 30.4. The van der Waals surface area contributed by atoms with Gasteiger partial charge in [-0.15, -0.1) is 0 Å². The summed E-state index contributed by atoms with van der Waals surface area (Å²) in [5.74, 6) is 0.104. The zero-order valence-electron chi connectivity index (χ0n) is 23.7. The Bertz CT molecular complexity index is 1890. The second kappa shape index (κ2) is 13.1. The van der Waals surface area contributed by atoms with Gasteiger partial charge in [0, 0.05) is 5.02 Å². The molecule has 43 heavy (non-hydrogen) atoms. The SMILES string of the molecule is Cc1ccc(N(CC(=O)N/N=C\c2ccc(OCc3cccc4ccccc34)cc2)S(=O)(=O)c2ccc(Cl)cc2)cc1C. The van der Waals surface area contributed by atoms with Gasteiger partial charge >= 0.3 is 0 Å². The Kier molecular flexibility index (Phi) is 9.09. The first-order valence-corrected chi connectivity index (χ1v) is 15.4. The average Bonchev–Trinajstić information content (AvgIpc) is 3.01. The van der Waals surface area contributed by atoms with Gasteiger partial charge in [0.1, 0.15) is 18.9 Å². The highest BCUT2D eigenvalue weighted by molar-refractivity contribution is 7.92. The van der Waals surface area contributed by atoms with E-state index in [2.05, 4.69) is 28.7 Å². The van der Waals surface area contributed by atoms with Crippen LogP contribution < -0.4 is 14.5 Å². The van der Waals surface area contributed by atoms with Crippen molar-refractivity contribution in [2.45, 2.75) is 25.3 Å². The molecule has 0 heterocycles. The fourth-order valence-corrected chi connectivity index (χ4v) is 6.04. The highest BCUT2D eigenvalue weighted by Crippen LogP contribution is 2.27. The van der Waals surface area contributed by atoms with Gasteiger partial charge in [-0.3, -0.25) is 9.10 Å². The molecule has 0 bridgehead atoms. The van der Waals surface area contributed by atoms with Crippen molar-refractivity contribution in [3.05, 3.63) is 136 Å². The fraction of sp³-hybridized carbons (Fsp3) is 0.118. The summed E-state index contributed by atoms with van der Waals surface area (Å²) in [6, 6.07) is 32.7. The number of rotatable bonds is 10. The van der Waals surface area contributed by atoms with Gasteiger partial charge in [0.05, 0.1) is 16.8 Å². The predicted molar refractivity (Wildman–Crippen MR) is 172 cm³/mol. The number of fused-ring (bicyclic) bond motifs is 1. The molecule has 5 aromatic rings. The van der Waals surface area contributed by atoms with Crippen LogP contribution in [0.4, 0.5) is 5.69 Å². The second-order valence-electron chi connectivity index (χ2n) is 10.0. The number of carbonyl (C=O) groups is 1. The van der Waals surface area contributed by atoms with E-state index >= 15 is 0 Å².